The van der Waals surface area contributed by atoms with E-state index in [4.69, 9.17) is 0 Å². The van der Waals surface area contributed by atoms with Crippen LogP contribution in [-0.4, -0.2) is 25.2 Å². The highest BCUT2D eigenvalue weighted by molar-refractivity contribution is 7.94. The molecule has 0 amide bonds. The van der Waals surface area contributed by atoms with Gasteiger partial charge in [0.25, 0.3) is 0 Å². The van der Waals surface area contributed by atoms with Crippen LogP contribution in [-0.2, 0) is 9.84 Å². The van der Waals surface area contributed by atoms with Crippen LogP contribution in [0.5, 0.6) is 0 Å². The summed E-state index contributed by atoms with van der Waals surface area (Å²) in [4.78, 5) is 4.15. The van der Waals surface area contributed by atoms with Gasteiger partial charge in [-0.05, 0) is 25.5 Å². The second-order valence-corrected chi connectivity index (χ2v) is 5.85. The summed E-state index contributed by atoms with van der Waals surface area (Å²) in [5.41, 5.74) is 1.78. The summed E-state index contributed by atoms with van der Waals surface area (Å²) in [5, 5.41) is 4.50. The average molecular weight is 238 g/mol. The maximum Gasteiger partial charge on any atom is 0.173 e. The molecule has 1 aromatic heterocycles. The minimum Gasteiger partial charge on any atom is -0.379 e. The highest BCUT2D eigenvalue weighted by atomic mass is 32.2. The first-order valence-electron chi connectivity index (χ1n) is 5.14. The third-order valence-corrected chi connectivity index (χ3v) is 4.00. The summed E-state index contributed by atoms with van der Waals surface area (Å²) in [5.74, 6) is 0.151. The summed E-state index contributed by atoms with van der Waals surface area (Å²) in [6, 6.07) is 3.69. The zero-order chi connectivity index (χ0) is 11.6. The Balaban J connectivity index is 2.13. The lowest BCUT2D eigenvalue weighted by molar-refractivity contribution is 0.595. The number of anilines is 1. The zero-order valence-electron chi connectivity index (χ0n) is 9.05. The smallest absolute Gasteiger partial charge is 0.173 e. The quantitative estimate of drug-likeness (QED) is 0.848. The molecule has 1 atom stereocenters. The van der Waals surface area contributed by atoms with Crippen LogP contribution in [0.15, 0.2) is 29.8 Å². The van der Waals surface area contributed by atoms with E-state index in [9.17, 15) is 8.42 Å². The number of rotatable bonds is 2. The first-order valence-corrected chi connectivity index (χ1v) is 6.86. The molecule has 1 aromatic rings. The average Bonchev–Trinajstić information content (AvgIpc) is 2.20. The van der Waals surface area contributed by atoms with Gasteiger partial charge in [-0.2, -0.15) is 0 Å². The van der Waals surface area contributed by atoms with E-state index in [1.807, 2.05) is 19.1 Å². The Morgan fingerprint density at radius 1 is 1.50 bits per heavy atom. The van der Waals surface area contributed by atoms with Gasteiger partial charge >= 0.3 is 0 Å². The Morgan fingerprint density at radius 3 is 3.00 bits per heavy atom. The van der Waals surface area contributed by atoms with E-state index in [2.05, 4.69) is 10.3 Å². The van der Waals surface area contributed by atoms with Crippen LogP contribution < -0.4 is 5.32 Å². The van der Waals surface area contributed by atoms with Crippen LogP contribution in [0.4, 0.5) is 5.69 Å². The van der Waals surface area contributed by atoms with Crippen molar-refractivity contribution in [3.05, 3.63) is 35.5 Å². The van der Waals surface area contributed by atoms with Gasteiger partial charge in [0.2, 0.25) is 0 Å². The normalized spacial score (nSPS) is 22.9. The molecule has 16 heavy (non-hydrogen) atoms. The van der Waals surface area contributed by atoms with Crippen molar-refractivity contribution < 1.29 is 8.42 Å². The van der Waals surface area contributed by atoms with Crippen LogP contribution in [0.2, 0.25) is 0 Å². The third kappa shape index (κ3) is 2.61. The fourth-order valence-corrected chi connectivity index (χ4v) is 3.02. The molecule has 2 heterocycles. The van der Waals surface area contributed by atoms with E-state index < -0.39 is 9.84 Å². The second-order valence-electron chi connectivity index (χ2n) is 3.91. The molecule has 0 saturated heterocycles. The van der Waals surface area contributed by atoms with Gasteiger partial charge in [0, 0.05) is 17.6 Å². The number of nitrogens with one attached hydrogen (secondary N) is 1. The molecule has 0 unspecified atom stereocenters. The lowest BCUT2D eigenvalue weighted by Gasteiger charge is -2.21. The maximum absolute atomic E-state index is 11.4. The second kappa shape index (κ2) is 4.25. The molecule has 1 aliphatic heterocycles. The molecule has 0 bridgehead atoms. The molecular weight excluding hydrogens is 224 g/mol. The van der Waals surface area contributed by atoms with Crippen molar-refractivity contribution in [2.75, 3.05) is 11.1 Å². The highest BCUT2D eigenvalue weighted by Gasteiger charge is 2.20. The van der Waals surface area contributed by atoms with E-state index in [0.717, 1.165) is 17.8 Å². The van der Waals surface area contributed by atoms with Gasteiger partial charge in [-0.3, -0.25) is 4.98 Å². The Bertz CT molecular complexity index is 508. The number of hydrogen-bond acceptors (Lipinski definition) is 4. The number of hydrogen-bond donors (Lipinski definition) is 1. The largest absolute Gasteiger partial charge is 0.379 e. The van der Waals surface area contributed by atoms with E-state index >= 15 is 0 Å². The maximum atomic E-state index is 11.4. The first kappa shape index (κ1) is 11.1. The fourth-order valence-electron chi connectivity index (χ4n) is 1.73. The summed E-state index contributed by atoms with van der Waals surface area (Å²) in [6.45, 7) is 1.90. The van der Waals surface area contributed by atoms with Gasteiger partial charge in [0.1, 0.15) is 0 Å². The lowest BCUT2D eigenvalue weighted by atomic mass is 10.2. The molecule has 0 aliphatic carbocycles. The molecule has 0 saturated carbocycles. The van der Waals surface area contributed by atoms with E-state index in [-0.39, 0.29) is 11.8 Å². The molecular formula is C11H14N2O2S. The Kier molecular flexibility index (Phi) is 2.96. The Morgan fingerprint density at radius 2 is 2.31 bits per heavy atom. The SMILES string of the molecule is Cc1ncccc1N[C@@H]1CC=CS(=O)(=O)C1. The monoisotopic (exact) mass is 238 g/mol. The fraction of sp³-hybridized carbons (Fsp3) is 0.364. The number of pyridine rings is 1. The topological polar surface area (TPSA) is 59.1 Å². The summed E-state index contributed by atoms with van der Waals surface area (Å²) in [7, 11) is -3.03. The van der Waals surface area contributed by atoms with Crippen molar-refractivity contribution in [3.63, 3.8) is 0 Å². The minimum absolute atomic E-state index is 0.0575. The summed E-state index contributed by atoms with van der Waals surface area (Å²) >= 11 is 0. The van der Waals surface area contributed by atoms with Crippen LogP contribution in [0.3, 0.4) is 0 Å². The highest BCUT2D eigenvalue weighted by Crippen LogP contribution is 2.17. The van der Waals surface area contributed by atoms with E-state index in [1.54, 1.807) is 12.3 Å². The molecule has 1 N–H and O–H groups in total. The van der Waals surface area contributed by atoms with Gasteiger partial charge in [-0.1, -0.05) is 6.08 Å². The van der Waals surface area contributed by atoms with Crippen LogP contribution in [0, 0.1) is 6.92 Å². The van der Waals surface area contributed by atoms with Crippen molar-refractivity contribution in [2.45, 2.75) is 19.4 Å². The van der Waals surface area contributed by atoms with Gasteiger partial charge < -0.3 is 5.32 Å². The van der Waals surface area contributed by atoms with Crippen LogP contribution in [0.25, 0.3) is 0 Å². The number of nitrogens with zero attached hydrogens (tertiary/aromatic N) is 1. The first-order chi connectivity index (χ1) is 7.57. The van der Waals surface area contributed by atoms with Gasteiger partial charge in [0.15, 0.2) is 9.84 Å². The summed E-state index contributed by atoms with van der Waals surface area (Å²) in [6.07, 6.45) is 4.15. The molecule has 0 fully saturated rings. The number of aryl methyl sites for hydroxylation is 1. The van der Waals surface area contributed by atoms with E-state index in [1.165, 1.54) is 5.41 Å². The van der Waals surface area contributed by atoms with Crippen molar-refractivity contribution in [3.8, 4) is 0 Å². The minimum atomic E-state index is -3.03. The van der Waals surface area contributed by atoms with Gasteiger partial charge in [-0.25, -0.2) is 8.42 Å². The molecule has 0 radical (unpaired) electrons. The molecule has 0 aromatic carbocycles. The molecule has 86 valence electrons. The van der Waals surface area contributed by atoms with Crippen molar-refractivity contribution in [1.29, 1.82) is 0 Å². The molecule has 5 heteroatoms. The van der Waals surface area contributed by atoms with Crippen LogP contribution >= 0.6 is 0 Å². The van der Waals surface area contributed by atoms with Crippen LogP contribution in [0.1, 0.15) is 12.1 Å². The van der Waals surface area contributed by atoms with Gasteiger partial charge in [0.05, 0.1) is 17.1 Å². The zero-order valence-corrected chi connectivity index (χ0v) is 9.87. The standard InChI is InChI=1S/C11H14N2O2S/c1-9-11(5-2-6-12-9)13-10-4-3-7-16(14,15)8-10/h2-3,5-7,10,13H,4,8H2,1H3/t10-/m1/s1. The number of sulfone groups is 1. The molecule has 2 rings (SSSR count). The lowest BCUT2D eigenvalue weighted by Crippen LogP contribution is -2.30. The third-order valence-electron chi connectivity index (χ3n) is 2.52. The Labute approximate surface area is 95.3 Å². The number of aromatic nitrogens is 1. The Hall–Kier alpha value is -1.36. The predicted molar refractivity (Wildman–Crippen MR) is 63.9 cm³/mol. The molecule has 0 spiro atoms. The van der Waals surface area contributed by atoms with Crippen molar-refractivity contribution >= 4 is 15.5 Å². The molecule has 4 nitrogen and oxygen atoms in total. The van der Waals surface area contributed by atoms with Crippen molar-refractivity contribution in [2.24, 2.45) is 0 Å². The summed E-state index contributed by atoms with van der Waals surface area (Å²) < 4.78 is 22.8. The molecule has 1 aliphatic rings. The predicted octanol–water partition coefficient (Wildman–Crippen LogP) is 1.50. The van der Waals surface area contributed by atoms with Gasteiger partial charge in [-0.15, -0.1) is 0 Å². The van der Waals surface area contributed by atoms with E-state index in [0.29, 0.717) is 0 Å². The van der Waals surface area contributed by atoms with Crippen molar-refractivity contribution in [1.82, 2.24) is 4.98 Å².